The van der Waals surface area contributed by atoms with Crippen LogP contribution >= 0.6 is 0 Å². The highest BCUT2D eigenvalue weighted by Crippen LogP contribution is 2.30. The highest BCUT2D eigenvalue weighted by molar-refractivity contribution is 5.76. The van der Waals surface area contributed by atoms with Crippen molar-refractivity contribution >= 4 is 10.9 Å². The molecule has 2 aromatic heterocycles. The molecule has 8 heteroatoms. The van der Waals surface area contributed by atoms with Gasteiger partial charge in [-0.3, -0.25) is 19.4 Å². The van der Waals surface area contributed by atoms with Crippen molar-refractivity contribution in [1.29, 1.82) is 0 Å². The minimum atomic E-state index is -0.00990. The van der Waals surface area contributed by atoms with Gasteiger partial charge in [-0.25, -0.2) is 9.97 Å². The molecule has 3 aromatic rings. The number of para-hydroxylation sites is 1. The number of rotatable bonds is 5. The molecule has 0 saturated carbocycles. The number of nitrogens with one attached hydrogen (secondary N) is 1. The molecule has 8 nitrogen and oxygen atoms in total. The number of methoxy groups -OCH3 is 1. The van der Waals surface area contributed by atoms with Gasteiger partial charge in [0.25, 0.3) is 5.56 Å². The van der Waals surface area contributed by atoms with E-state index >= 15 is 0 Å². The first kappa shape index (κ1) is 15.9. The summed E-state index contributed by atoms with van der Waals surface area (Å²) in [6.45, 7) is 2.08. The van der Waals surface area contributed by atoms with E-state index in [-0.39, 0.29) is 17.7 Å². The zero-order valence-corrected chi connectivity index (χ0v) is 14.0. The second kappa shape index (κ2) is 6.73. The fourth-order valence-corrected chi connectivity index (χ4v) is 3.44. The maximum Gasteiger partial charge on any atom is 0.261 e. The van der Waals surface area contributed by atoms with E-state index in [9.17, 15) is 4.79 Å². The van der Waals surface area contributed by atoms with E-state index in [1.807, 2.05) is 24.3 Å². The predicted octanol–water partition coefficient (Wildman–Crippen LogP) is 0.977. The van der Waals surface area contributed by atoms with E-state index in [2.05, 4.69) is 25.1 Å². The minimum Gasteiger partial charge on any atom is -0.380 e. The number of likely N-dealkylation sites (tertiary alicyclic amines) is 1. The lowest BCUT2D eigenvalue weighted by molar-refractivity contribution is 0.107. The van der Waals surface area contributed by atoms with E-state index in [4.69, 9.17) is 4.74 Å². The molecule has 130 valence electrons. The highest BCUT2D eigenvalue weighted by Gasteiger charge is 2.34. The Labute approximate surface area is 144 Å². The molecule has 1 aliphatic heterocycles. The van der Waals surface area contributed by atoms with Crippen molar-refractivity contribution < 1.29 is 4.74 Å². The first-order chi connectivity index (χ1) is 12.3. The number of nitrogens with zero attached hydrogens (tertiary/aromatic N) is 5. The predicted molar refractivity (Wildman–Crippen MR) is 92.1 cm³/mol. The Morgan fingerprint density at radius 1 is 1.28 bits per heavy atom. The average molecular weight is 340 g/mol. The summed E-state index contributed by atoms with van der Waals surface area (Å²) >= 11 is 0. The molecule has 0 radical (unpaired) electrons. The van der Waals surface area contributed by atoms with E-state index in [0.717, 1.165) is 24.3 Å². The molecular weight excluding hydrogens is 320 g/mol. The molecular formula is C17H20N6O2. The first-order valence-electron chi connectivity index (χ1n) is 8.32. The minimum absolute atomic E-state index is 0.00990. The average Bonchev–Trinajstić information content (AvgIpc) is 3.30. The van der Waals surface area contributed by atoms with Gasteiger partial charge < -0.3 is 4.74 Å². The Morgan fingerprint density at radius 3 is 2.96 bits per heavy atom. The van der Waals surface area contributed by atoms with Crippen LogP contribution in [0, 0.1) is 0 Å². The van der Waals surface area contributed by atoms with Crippen molar-refractivity contribution in [1.82, 2.24) is 29.6 Å². The smallest absolute Gasteiger partial charge is 0.261 e. The molecule has 1 aliphatic rings. The Balaban J connectivity index is 1.54. The van der Waals surface area contributed by atoms with Gasteiger partial charge >= 0.3 is 0 Å². The van der Waals surface area contributed by atoms with E-state index < -0.39 is 0 Å². The third kappa shape index (κ3) is 3.06. The van der Waals surface area contributed by atoms with Crippen LogP contribution in [0.15, 0.2) is 41.7 Å². The molecule has 1 fully saturated rings. The van der Waals surface area contributed by atoms with Gasteiger partial charge in [-0.1, -0.05) is 12.1 Å². The molecule has 3 heterocycles. The van der Waals surface area contributed by atoms with Crippen LogP contribution in [0.4, 0.5) is 0 Å². The molecule has 1 N–H and O–H groups in total. The number of hydrogen-bond acceptors (Lipinski definition) is 6. The van der Waals surface area contributed by atoms with Crippen molar-refractivity contribution in [2.75, 3.05) is 20.2 Å². The Bertz CT molecular complexity index is 907. The van der Waals surface area contributed by atoms with Crippen molar-refractivity contribution in [3.05, 3.63) is 53.1 Å². The second-order valence-corrected chi connectivity index (χ2v) is 6.24. The summed E-state index contributed by atoms with van der Waals surface area (Å²) in [5.41, 5.74) is 0.716. The van der Waals surface area contributed by atoms with Gasteiger partial charge in [0.15, 0.2) is 0 Å². The largest absolute Gasteiger partial charge is 0.380 e. The standard InChI is InChI=1S/C17H20N6O2/c1-25-12-8-15(16-18-10-20-21-16)22(9-12)6-7-23-11-19-14-5-3-2-4-13(14)17(23)24/h2-5,10-12,15H,6-9H2,1H3,(H,18,20,21)/t12-,15+/m1/s1. The zero-order valence-electron chi connectivity index (χ0n) is 14.0. The molecule has 1 aromatic carbocycles. The number of ether oxygens (including phenoxy) is 1. The molecule has 0 aliphatic carbocycles. The fourth-order valence-electron chi connectivity index (χ4n) is 3.44. The molecule has 2 atom stereocenters. The number of H-pyrrole nitrogens is 1. The topological polar surface area (TPSA) is 88.9 Å². The summed E-state index contributed by atoms with van der Waals surface area (Å²) in [6.07, 6.45) is 4.15. The fraction of sp³-hybridized carbons (Fsp3) is 0.412. The van der Waals surface area contributed by atoms with Crippen molar-refractivity contribution in [2.45, 2.75) is 25.1 Å². The zero-order chi connectivity index (χ0) is 17.2. The van der Waals surface area contributed by atoms with Crippen LogP contribution in [-0.2, 0) is 11.3 Å². The highest BCUT2D eigenvalue weighted by atomic mass is 16.5. The maximum atomic E-state index is 12.6. The molecule has 0 amide bonds. The number of aromatic amines is 1. The number of fused-ring (bicyclic) bond motifs is 1. The Hall–Kier alpha value is -2.58. The van der Waals surface area contributed by atoms with Gasteiger partial charge in [0.2, 0.25) is 0 Å². The maximum absolute atomic E-state index is 12.6. The van der Waals surface area contributed by atoms with Gasteiger partial charge in [-0.15, -0.1) is 0 Å². The summed E-state index contributed by atoms with van der Waals surface area (Å²) in [6, 6.07) is 7.53. The number of benzene rings is 1. The summed E-state index contributed by atoms with van der Waals surface area (Å²) in [7, 11) is 1.73. The van der Waals surface area contributed by atoms with E-state index in [0.29, 0.717) is 18.5 Å². The SMILES string of the molecule is CO[C@@H]1C[C@@H](c2ncn[nH]2)N(CCn2cnc3ccccc3c2=O)C1. The molecule has 0 spiro atoms. The monoisotopic (exact) mass is 340 g/mol. The van der Waals surface area contributed by atoms with E-state index in [1.54, 1.807) is 18.0 Å². The van der Waals surface area contributed by atoms with Crippen LogP contribution < -0.4 is 5.56 Å². The summed E-state index contributed by atoms with van der Waals surface area (Å²) in [5.74, 6) is 0.837. The lowest BCUT2D eigenvalue weighted by atomic mass is 10.2. The Morgan fingerprint density at radius 2 is 2.16 bits per heavy atom. The van der Waals surface area contributed by atoms with Gasteiger partial charge in [0.05, 0.1) is 29.4 Å². The van der Waals surface area contributed by atoms with Gasteiger partial charge in [-0.05, 0) is 18.6 Å². The second-order valence-electron chi connectivity index (χ2n) is 6.24. The lowest BCUT2D eigenvalue weighted by Crippen LogP contribution is -2.32. The summed E-state index contributed by atoms with van der Waals surface area (Å²) in [5, 5.41) is 7.54. The Kier molecular flexibility index (Phi) is 4.29. The third-order valence-corrected chi connectivity index (χ3v) is 4.81. The lowest BCUT2D eigenvalue weighted by Gasteiger charge is -2.22. The normalized spacial score (nSPS) is 21.2. The molecule has 1 saturated heterocycles. The molecule has 0 unspecified atom stereocenters. The van der Waals surface area contributed by atoms with Crippen LogP contribution in [0.1, 0.15) is 18.3 Å². The van der Waals surface area contributed by atoms with Crippen LogP contribution in [0.2, 0.25) is 0 Å². The van der Waals surface area contributed by atoms with Crippen molar-refractivity contribution in [3.63, 3.8) is 0 Å². The van der Waals surface area contributed by atoms with E-state index in [1.165, 1.54) is 6.33 Å². The van der Waals surface area contributed by atoms with Gasteiger partial charge in [-0.2, -0.15) is 5.10 Å². The van der Waals surface area contributed by atoms with Crippen molar-refractivity contribution in [2.24, 2.45) is 0 Å². The third-order valence-electron chi connectivity index (χ3n) is 4.81. The van der Waals surface area contributed by atoms with Crippen LogP contribution in [0.3, 0.4) is 0 Å². The number of aromatic nitrogens is 5. The summed E-state index contributed by atoms with van der Waals surface area (Å²) in [4.78, 5) is 23.6. The van der Waals surface area contributed by atoms with Crippen LogP contribution in [0.25, 0.3) is 10.9 Å². The molecule has 4 rings (SSSR count). The van der Waals surface area contributed by atoms with Gasteiger partial charge in [0.1, 0.15) is 12.2 Å². The quantitative estimate of drug-likeness (QED) is 0.745. The first-order valence-corrected chi connectivity index (χ1v) is 8.32. The van der Waals surface area contributed by atoms with Crippen LogP contribution in [0.5, 0.6) is 0 Å². The number of hydrogen-bond donors (Lipinski definition) is 1. The van der Waals surface area contributed by atoms with Gasteiger partial charge in [0, 0.05) is 26.7 Å². The van der Waals surface area contributed by atoms with Crippen molar-refractivity contribution in [3.8, 4) is 0 Å². The summed E-state index contributed by atoms with van der Waals surface area (Å²) < 4.78 is 7.19. The molecule has 0 bridgehead atoms. The molecule has 25 heavy (non-hydrogen) atoms. The van der Waals surface area contributed by atoms with Crippen LogP contribution in [-0.4, -0.2) is 55.9 Å².